The fourth-order valence-electron chi connectivity index (χ4n) is 2.27. The summed E-state index contributed by atoms with van der Waals surface area (Å²) in [7, 11) is 0. The molecule has 1 unspecified atom stereocenters. The second kappa shape index (κ2) is 8.85. The zero-order valence-electron chi connectivity index (χ0n) is 12.2. The molecule has 4 nitrogen and oxygen atoms in total. The highest BCUT2D eigenvalue weighted by Crippen LogP contribution is 2.18. The fourth-order valence-corrected chi connectivity index (χ4v) is 2.27. The maximum absolute atomic E-state index is 13.4. The molecule has 1 amide bonds. The van der Waals surface area contributed by atoms with Crippen molar-refractivity contribution >= 4 is 18.3 Å². The van der Waals surface area contributed by atoms with E-state index in [1.807, 2.05) is 6.92 Å². The Morgan fingerprint density at radius 3 is 3.05 bits per heavy atom. The lowest BCUT2D eigenvalue weighted by atomic mass is 10.00. The molecule has 0 bridgehead atoms. The van der Waals surface area contributed by atoms with Gasteiger partial charge >= 0.3 is 0 Å². The number of carbonyl (C=O) groups excluding carboxylic acids is 1. The van der Waals surface area contributed by atoms with Crippen molar-refractivity contribution in [2.45, 2.75) is 19.8 Å². The molecule has 1 aromatic rings. The van der Waals surface area contributed by atoms with Gasteiger partial charge in [-0.3, -0.25) is 4.79 Å². The largest absolute Gasteiger partial charge is 0.481 e. The van der Waals surface area contributed by atoms with Gasteiger partial charge in [-0.25, -0.2) is 4.39 Å². The van der Waals surface area contributed by atoms with E-state index in [-0.39, 0.29) is 30.7 Å². The van der Waals surface area contributed by atoms with E-state index in [1.165, 1.54) is 6.07 Å². The molecule has 21 heavy (non-hydrogen) atoms. The molecule has 118 valence electrons. The van der Waals surface area contributed by atoms with Gasteiger partial charge in [0, 0.05) is 6.54 Å². The van der Waals surface area contributed by atoms with Crippen LogP contribution in [0, 0.1) is 18.7 Å². The van der Waals surface area contributed by atoms with Crippen molar-refractivity contribution in [2.75, 3.05) is 26.2 Å². The summed E-state index contributed by atoms with van der Waals surface area (Å²) in [4.78, 5) is 11.7. The molecule has 0 saturated carbocycles. The number of rotatable bonds is 5. The van der Waals surface area contributed by atoms with Crippen molar-refractivity contribution < 1.29 is 13.9 Å². The molecule has 1 heterocycles. The van der Waals surface area contributed by atoms with Gasteiger partial charge in [-0.2, -0.15) is 0 Å². The molecular weight excluding hydrogens is 295 g/mol. The van der Waals surface area contributed by atoms with Gasteiger partial charge in [0.15, 0.2) is 18.2 Å². The van der Waals surface area contributed by atoms with Gasteiger partial charge in [0.25, 0.3) is 5.91 Å². The summed E-state index contributed by atoms with van der Waals surface area (Å²) in [5.74, 6) is -0.0563. The van der Waals surface area contributed by atoms with E-state index < -0.39 is 5.82 Å². The summed E-state index contributed by atoms with van der Waals surface area (Å²) < 4.78 is 18.6. The number of benzene rings is 1. The van der Waals surface area contributed by atoms with Gasteiger partial charge in [0.1, 0.15) is 0 Å². The van der Waals surface area contributed by atoms with Crippen LogP contribution in [0.4, 0.5) is 4.39 Å². The van der Waals surface area contributed by atoms with Crippen LogP contribution in [0.1, 0.15) is 18.4 Å². The van der Waals surface area contributed by atoms with Crippen molar-refractivity contribution in [3.8, 4) is 5.75 Å². The lowest BCUT2D eigenvalue weighted by Crippen LogP contribution is -2.39. The van der Waals surface area contributed by atoms with Crippen LogP contribution in [-0.4, -0.2) is 32.1 Å². The third-order valence-electron chi connectivity index (χ3n) is 3.43. The Morgan fingerprint density at radius 2 is 2.33 bits per heavy atom. The van der Waals surface area contributed by atoms with Crippen LogP contribution in [0.15, 0.2) is 18.2 Å². The van der Waals surface area contributed by atoms with Crippen molar-refractivity contribution in [2.24, 2.45) is 5.92 Å². The maximum Gasteiger partial charge on any atom is 0.257 e. The second-order valence-corrected chi connectivity index (χ2v) is 5.24. The predicted molar refractivity (Wildman–Crippen MR) is 82.5 cm³/mol. The van der Waals surface area contributed by atoms with Gasteiger partial charge < -0.3 is 15.4 Å². The van der Waals surface area contributed by atoms with Gasteiger partial charge in [-0.15, -0.1) is 12.4 Å². The fraction of sp³-hybridized carbons (Fsp3) is 0.533. The minimum atomic E-state index is -0.445. The molecule has 0 radical (unpaired) electrons. The number of hydrogen-bond acceptors (Lipinski definition) is 3. The van der Waals surface area contributed by atoms with Crippen molar-refractivity contribution in [1.29, 1.82) is 0 Å². The lowest BCUT2D eigenvalue weighted by molar-refractivity contribution is -0.123. The number of amides is 1. The average molecular weight is 317 g/mol. The van der Waals surface area contributed by atoms with E-state index in [9.17, 15) is 9.18 Å². The van der Waals surface area contributed by atoms with E-state index in [0.29, 0.717) is 12.5 Å². The van der Waals surface area contributed by atoms with Gasteiger partial charge in [0.05, 0.1) is 0 Å². The monoisotopic (exact) mass is 316 g/mol. The summed E-state index contributed by atoms with van der Waals surface area (Å²) in [6, 6.07) is 4.60. The highest BCUT2D eigenvalue weighted by atomic mass is 35.5. The molecule has 2 N–H and O–H groups in total. The number of aryl methyl sites for hydroxylation is 1. The van der Waals surface area contributed by atoms with Crippen LogP contribution >= 0.6 is 12.4 Å². The molecular formula is C15H22ClFN2O2. The first-order valence-electron chi connectivity index (χ1n) is 7.01. The van der Waals surface area contributed by atoms with E-state index >= 15 is 0 Å². The quantitative estimate of drug-likeness (QED) is 0.874. The van der Waals surface area contributed by atoms with Crippen LogP contribution in [0.5, 0.6) is 5.75 Å². The molecule has 6 heteroatoms. The predicted octanol–water partition coefficient (Wildman–Crippen LogP) is 2.05. The van der Waals surface area contributed by atoms with Crippen LogP contribution in [0.2, 0.25) is 0 Å². The number of carbonyl (C=O) groups is 1. The van der Waals surface area contributed by atoms with Crippen molar-refractivity contribution in [3.63, 3.8) is 0 Å². The Hall–Kier alpha value is -1.33. The zero-order valence-corrected chi connectivity index (χ0v) is 13.0. The Bertz CT molecular complexity index is 465. The topological polar surface area (TPSA) is 50.4 Å². The van der Waals surface area contributed by atoms with Gasteiger partial charge in [0.2, 0.25) is 0 Å². The summed E-state index contributed by atoms with van der Waals surface area (Å²) in [6.45, 7) is 4.34. The number of halogens is 2. The molecule has 1 aliphatic rings. The van der Waals surface area contributed by atoms with E-state index in [1.54, 1.807) is 12.1 Å². The molecule has 1 fully saturated rings. The number of piperidine rings is 1. The first-order valence-corrected chi connectivity index (χ1v) is 7.01. The Morgan fingerprint density at radius 1 is 1.52 bits per heavy atom. The molecule has 1 aliphatic heterocycles. The summed E-state index contributed by atoms with van der Waals surface area (Å²) in [5, 5.41) is 6.13. The van der Waals surface area contributed by atoms with E-state index in [4.69, 9.17) is 4.74 Å². The number of ether oxygens (including phenoxy) is 1. The second-order valence-electron chi connectivity index (χ2n) is 5.24. The van der Waals surface area contributed by atoms with Gasteiger partial charge in [-0.05, 0) is 56.5 Å². The molecule has 1 aromatic carbocycles. The van der Waals surface area contributed by atoms with E-state index in [2.05, 4.69) is 10.6 Å². The SMILES string of the molecule is Cc1ccc(F)c(OCC(=O)NCC2CCCNC2)c1.Cl. The highest BCUT2D eigenvalue weighted by Gasteiger charge is 2.14. The first kappa shape index (κ1) is 17.7. The van der Waals surface area contributed by atoms with Crippen molar-refractivity contribution in [1.82, 2.24) is 10.6 Å². The minimum Gasteiger partial charge on any atom is -0.481 e. The number of nitrogens with one attached hydrogen (secondary N) is 2. The summed E-state index contributed by atoms with van der Waals surface area (Å²) >= 11 is 0. The third kappa shape index (κ3) is 5.89. The van der Waals surface area contributed by atoms with E-state index in [0.717, 1.165) is 31.5 Å². The van der Waals surface area contributed by atoms with Crippen LogP contribution in [-0.2, 0) is 4.79 Å². The lowest BCUT2D eigenvalue weighted by Gasteiger charge is -2.22. The average Bonchev–Trinajstić information content (AvgIpc) is 2.47. The molecule has 0 spiro atoms. The van der Waals surface area contributed by atoms with Crippen LogP contribution in [0.25, 0.3) is 0 Å². The van der Waals surface area contributed by atoms with Crippen molar-refractivity contribution in [3.05, 3.63) is 29.6 Å². The minimum absolute atomic E-state index is 0. The highest BCUT2D eigenvalue weighted by molar-refractivity contribution is 5.85. The number of hydrogen-bond donors (Lipinski definition) is 2. The summed E-state index contributed by atoms with van der Waals surface area (Å²) in [6.07, 6.45) is 2.27. The standard InChI is InChI=1S/C15H21FN2O2.ClH/c1-11-4-5-13(16)14(7-11)20-10-15(19)18-9-12-3-2-6-17-8-12;/h4-5,7,12,17H,2-3,6,8-10H2,1H3,(H,18,19);1H. The smallest absolute Gasteiger partial charge is 0.257 e. The van der Waals surface area contributed by atoms with Gasteiger partial charge in [-0.1, -0.05) is 6.07 Å². The van der Waals surface area contributed by atoms with Crippen LogP contribution in [0.3, 0.4) is 0 Å². The molecule has 1 atom stereocenters. The summed E-state index contributed by atoms with van der Waals surface area (Å²) in [5.41, 5.74) is 0.898. The normalized spacial score (nSPS) is 17.7. The molecule has 0 aromatic heterocycles. The Balaban J connectivity index is 0.00000220. The zero-order chi connectivity index (χ0) is 14.4. The van der Waals surface area contributed by atoms with Crippen LogP contribution < -0.4 is 15.4 Å². The Labute approximate surface area is 130 Å². The Kier molecular flexibility index (Phi) is 7.47. The molecule has 1 saturated heterocycles. The molecule has 2 rings (SSSR count). The maximum atomic E-state index is 13.4. The molecule has 0 aliphatic carbocycles. The third-order valence-corrected chi connectivity index (χ3v) is 3.43. The first-order chi connectivity index (χ1) is 9.65.